The van der Waals surface area contributed by atoms with Crippen LogP contribution in [0.25, 0.3) is 0 Å². The van der Waals surface area contributed by atoms with Crippen molar-refractivity contribution in [2.45, 2.75) is 25.3 Å². The van der Waals surface area contributed by atoms with Gasteiger partial charge in [0.15, 0.2) is 11.5 Å². The summed E-state index contributed by atoms with van der Waals surface area (Å²) in [4.78, 5) is 14.5. The first-order chi connectivity index (χ1) is 10.2. The summed E-state index contributed by atoms with van der Waals surface area (Å²) in [6.45, 7) is 2.00. The molecule has 1 aliphatic heterocycles. The van der Waals surface area contributed by atoms with Gasteiger partial charge in [0.2, 0.25) is 0 Å². The van der Waals surface area contributed by atoms with Gasteiger partial charge in [0.25, 0.3) is 5.91 Å². The molecular formula is C16H25ClN2O3. The van der Waals surface area contributed by atoms with Gasteiger partial charge in [-0.05, 0) is 50.6 Å². The highest BCUT2D eigenvalue weighted by Gasteiger charge is 2.22. The summed E-state index contributed by atoms with van der Waals surface area (Å²) in [6, 6.07) is 5.59. The molecule has 1 aliphatic rings. The minimum atomic E-state index is 0. The van der Waals surface area contributed by atoms with Gasteiger partial charge in [-0.15, -0.1) is 12.4 Å². The third-order valence-electron chi connectivity index (χ3n) is 4.04. The fourth-order valence-electron chi connectivity index (χ4n) is 2.73. The highest BCUT2D eigenvalue weighted by atomic mass is 35.5. The van der Waals surface area contributed by atoms with Gasteiger partial charge in [-0.1, -0.05) is 0 Å². The number of carbonyl (C=O) groups is 1. The van der Waals surface area contributed by atoms with E-state index in [2.05, 4.69) is 5.32 Å². The number of hydrogen-bond acceptors (Lipinski definition) is 4. The molecule has 1 heterocycles. The SMILES string of the molecule is COc1ccc(C(=O)N(C)C2CCCNCC2)cc1OC.Cl. The monoisotopic (exact) mass is 328 g/mol. The number of hydrogen-bond donors (Lipinski definition) is 1. The van der Waals surface area contributed by atoms with Crippen LogP contribution in [0.3, 0.4) is 0 Å². The van der Waals surface area contributed by atoms with Gasteiger partial charge in [-0.3, -0.25) is 4.79 Å². The van der Waals surface area contributed by atoms with Gasteiger partial charge in [-0.2, -0.15) is 0 Å². The second-order valence-corrected chi connectivity index (χ2v) is 5.32. The van der Waals surface area contributed by atoms with E-state index in [9.17, 15) is 4.79 Å². The Hall–Kier alpha value is -1.46. The van der Waals surface area contributed by atoms with Crippen LogP contribution in [0.2, 0.25) is 0 Å². The van der Waals surface area contributed by atoms with E-state index in [-0.39, 0.29) is 18.3 Å². The highest BCUT2D eigenvalue weighted by molar-refractivity contribution is 5.95. The molecule has 124 valence electrons. The van der Waals surface area contributed by atoms with E-state index in [0.29, 0.717) is 23.1 Å². The van der Waals surface area contributed by atoms with Crippen molar-refractivity contribution >= 4 is 18.3 Å². The van der Waals surface area contributed by atoms with E-state index in [4.69, 9.17) is 9.47 Å². The van der Waals surface area contributed by atoms with Crippen molar-refractivity contribution in [3.63, 3.8) is 0 Å². The van der Waals surface area contributed by atoms with Gasteiger partial charge < -0.3 is 19.7 Å². The van der Waals surface area contributed by atoms with Crippen molar-refractivity contribution in [2.75, 3.05) is 34.4 Å². The molecule has 1 aromatic rings. The molecule has 0 saturated carbocycles. The Morgan fingerprint density at radius 3 is 2.59 bits per heavy atom. The molecule has 6 heteroatoms. The predicted molar refractivity (Wildman–Crippen MR) is 89.4 cm³/mol. The summed E-state index contributed by atoms with van der Waals surface area (Å²) in [7, 11) is 5.05. The summed E-state index contributed by atoms with van der Waals surface area (Å²) in [6.07, 6.45) is 3.15. The number of ether oxygens (including phenoxy) is 2. The van der Waals surface area contributed by atoms with Crippen molar-refractivity contribution in [3.05, 3.63) is 23.8 Å². The van der Waals surface area contributed by atoms with Crippen LogP contribution in [0, 0.1) is 0 Å². The van der Waals surface area contributed by atoms with Gasteiger partial charge >= 0.3 is 0 Å². The van der Waals surface area contributed by atoms with Crippen LogP contribution in [0.15, 0.2) is 18.2 Å². The summed E-state index contributed by atoms with van der Waals surface area (Å²) >= 11 is 0. The third kappa shape index (κ3) is 4.27. The average Bonchev–Trinajstić information content (AvgIpc) is 2.82. The van der Waals surface area contributed by atoms with Crippen molar-refractivity contribution in [2.24, 2.45) is 0 Å². The van der Waals surface area contributed by atoms with Crippen LogP contribution in [-0.4, -0.2) is 51.2 Å². The molecule has 1 atom stereocenters. The molecular weight excluding hydrogens is 304 g/mol. The zero-order chi connectivity index (χ0) is 15.2. The maximum absolute atomic E-state index is 12.6. The minimum absolute atomic E-state index is 0. The Kier molecular flexibility index (Phi) is 7.48. The van der Waals surface area contributed by atoms with Crippen molar-refractivity contribution < 1.29 is 14.3 Å². The Bertz CT molecular complexity index is 488. The molecule has 5 nitrogen and oxygen atoms in total. The molecule has 1 aromatic carbocycles. The fraction of sp³-hybridized carbons (Fsp3) is 0.562. The second kappa shape index (κ2) is 8.86. The number of amides is 1. The van der Waals surface area contributed by atoms with E-state index in [1.807, 2.05) is 11.9 Å². The number of rotatable bonds is 4. The smallest absolute Gasteiger partial charge is 0.253 e. The van der Waals surface area contributed by atoms with E-state index in [0.717, 1.165) is 32.4 Å². The predicted octanol–water partition coefficient (Wildman–Crippen LogP) is 2.34. The lowest BCUT2D eigenvalue weighted by Crippen LogP contribution is -2.37. The highest BCUT2D eigenvalue weighted by Crippen LogP contribution is 2.28. The number of benzene rings is 1. The summed E-state index contributed by atoms with van der Waals surface area (Å²) in [5.41, 5.74) is 0.632. The van der Waals surface area contributed by atoms with Gasteiger partial charge in [-0.25, -0.2) is 0 Å². The molecule has 0 aliphatic carbocycles. The largest absolute Gasteiger partial charge is 0.493 e. The normalized spacial score (nSPS) is 17.9. The van der Waals surface area contributed by atoms with Crippen molar-refractivity contribution in [1.82, 2.24) is 10.2 Å². The number of methoxy groups -OCH3 is 2. The van der Waals surface area contributed by atoms with E-state index in [1.54, 1.807) is 32.4 Å². The third-order valence-corrected chi connectivity index (χ3v) is 4.04. The van der Waals surface area contributed by atoms with Gasteiger partial charge in [0.1, 0.15) is 0 Å². The Morgan fingerprint density at radius 1 is 1.18 bits per heavy atom. The Balaban J connectivity index is 0.00000242. The van der Waals surface area contributed by atoms with Crippen LogP contribution in [0.5, 0.6) is 11.5 Å². The van der Waals surface area contributed by atoms with Gasteiger partial charge in [0, 0.05) is 18.7 Å². The van der Waals surface area contributed by atoms with Crippen LogP contribution in [-0.2, 0) is 0 Å². The number of carbonyl (C=O) groups excluding carboxylic acids is 1. The van der Waals surface area contributed by atoms with E-state index < -0.39 is 0 Å². The topological polar surface area (TPSA) is 50.8 Å². The molecule has 1 amide bonds. The number of halogens is 1. The van der Waals surface area contributed by atoms with Crippen molar-refractivity contribution in [1.29, 1.82) is 0 Å². The molecule has 0 spiro atoms. The first-order valence-electron chi connectivity index (χ1n) is 7.37. The lowest BCUT2D eigenvalue weighted by molar-refractivity contribution is 0.0720. The molecule has 2 rings (SSSR count). The molecule has 1 saturated heterocycles. The maximum atomic E-state index is 12.6. The zero-order valence-corrected chi connectivity index (χ0v) is 14.2. The van der Waals surface area contributed by atoms with Crippen LogP contribution < -0.4 is 14.8 Å². The maximum Gasteiger partial charge on any atom is 0.253 e. The average molecular weight is 329 g/mol. The molecule has 1 unspecified atom stereocenters. The second-order valence-electron chi connectivity index (χ2n) is 5.32. The summed E-state index contributed by atoms with van der Waals surface area (Å²) in [5, 5.41) is 3.37. The molecule has 22 heavy (non-hydrogen) atoms. The lowest BCUT2D eigenvalue weighted by atomic mass is 10.1. The molecule has 0 radical (unpaired) electrons. The first kappa shape index (κ1) is 18.6. The molecule has 1 N–H and O–H groups in total. The summed E-state index contributed by atoms with van der Waals surface area (Å²) in [5.74, 6) is 1.25. The van der Waals surface area contributed by atoms with Crippen LogP contribution in [0.4, 0.5) is 0 Å². The zero-order valence-electron chi connectivity index (χ0n) is 13.4. The molecule has 1 fully saturated rings. The first-order valence-corrected chi connectivity index (χ1v) is 7.37. The standard InChI is InChI=1S/C16H24N2O3.ClH/c1-18(13-5-4-9-17-10-8-13)16(19)12-6-7-14(20-2)15(11-12)21-3;/h6-7,11,13,17H,4-5,8-10H2,1-3H3;1H. The fourth-order valence-corrected chi connectivity index (χ4v) is 2.73. The number of nitrogens with zero attached hydrogens (tertiary/aromatic N) is 1. The lowest BCUT2D eigenvalue weighted by Gasteiger charge is -2.27. The molecule has 0 bridgehead atoms. The quantitative estimate of drug-likeness (QED) is 0.921. The van der Waals surface area contributed by atoms with Crippen molar-refractivity contribution in [3.8, 4) is 11.5 Å². The van der Waals surface area contributed by atoms with E-state index >= 15 is 0 Å². The minimum Gasteiger partial charge on any atom is -0.493 e. The number of nitrogens with one attached hydrogen (secondary N) is 1. The Labute approximate surface area is 138 Å². The summed E-state index contributed by atoms with van der Waals surface area (Å²) < 4.78 is 10.5. The molecule has 0 aromatic heterocycles. The van der Waals surface area contributed by atoms with Gasteiger partial charge in [0.05, 0.1) is 14.2 Å². The Morgan fingerprint density at radius 2 is 1.91 bits per heavy atom. The van der Waals surface area contributed by atoms with E-state index in [1.165, 1.54) is 0 Å². The van der Waals surface area contributed by atoms with Crippen LogP contribution >= 0.6 is 12.4 Å². The van der Waals surface area contributed by atoms with Crippen LogP contribution in [0.1, 0.15) is 29.6 Å².